The third-order valence-corrected chi connectivity index (χ3v) is 7.67. The Kier molecular flexibility index (Phi) is 9.05. The van der Waals surface area contributed by atoms with Crippen LogP contribution in [0.15, 0.2) is 85.2 Å². The number of benzene rings is 3. The third-order valence-electron chi connectivity index (χ3n) is 7.10. The predicted octanol–water partition coefficient (Wildman–Crippen LogP) is 7.20. The van der Waals surface area contributed by atoms with Crippen LogP contribution in [0.3, 0.4) is 0 Å². The van der Waals surface area contributed by atoms with E-state index in [9.17, 15) is 14.4 Å². The number of rotatable bonds is 7. The molecule has 1 aromatic heterocycles. The van der Waals surface area contributed by atoms with E-state index in [0.29, 0.717) is 63.4 Å². The zero-order valence-corrected chi connectivity index (χ0v) is 24.3. The smallest absolute Gasteiger partial charge is 0.262 e. The lowest BCUT2D eigenvalue weighted by Gasteiger charge is -2.25. The topological polar surface area (TPSA) is 101 Å². The maximum absolute atomic E-state index is 14.0. The minimum atomic E-state index is -0.376. The van der Waals surface area contributed by atoms with Gasteiger partial charge in [0.25, 0.3) is 11.8 Å². The van der Waals surface area contributed by atoms with Crippen molar-refractivity contribution in [2.75, 3.05) is 29.2 Å². The van der Waals surface area contributed by atoms with Gasteiger partial charge < -0.3 is 20.3 Å². The number of nitrogens with zero attached hydrogens (tertiary/aromatic N) is 2. The molecule has 0 fully saturated rings. The lowest BCUT2D eigenvalue weighted by molar-refractivity contribution is -0.116. The van der Waals surface area contributed by atoms with E-state index < -0.39 is 0 Å². The summed E-state index contributed by atoms with van der Waals surface area (Å²) in [6, 6.07) is 20.5. The second-order valence-corrected chi connectivity index (χ2v) is 10.7. The average molecular weight is 604 g/mol. The standard InChI is InChI=1S/C32H28Cl2N4O4/c1-42-29-19-23(37-31(40)24-6-2-3-7-27(24)34)9-10-25(29)32(41)38-16-4-5-20(26-18-21(33)8-11-28(26)38)17-30(39)36-22-12-14-35-15-13-22/h2-3,6-15,18-20H,4-5,16-17H2,1H3,(H,37,40)(H,35,36,39). The molecule has 0 bridgehead atoms. The number of ether oxygens (including phenoxy) is 1. The van der Waals surface area contributed by atoms with Crippen molar-refractivity contribution in [1.29, 1.82) is 0 Å². The summed E-state index contributed by atoms with van der Waals surface area (Å²) >= 11 is 12.6. The van der Waals surface area contributed by atoms with Gasteiger partial charge in [-0.3, -0.25) is 19.4 Å². The van der Waals surface area contributed by atoms with Crippen molar-refractivity contribution in [3.63, 3.8) is 0 Å². The quantitative estimate of drug-likeness (QED) is 0.233. The zero-order valence-electron chi connectivity index (χ0n) is 22.8. The molecule has 2 N–H and O–H groups in total. The second-order valence-electron chi connectivity index (χ2n) is 9.84. The van der Waals surface area contributed by atoms with E-state index in [1.54, 1.807) is 78.0 Å². The van der Waals surface area contributed by atoms with Crippen LogP contribution in [0.5, 0.6) is 5.75 Å². The Morgan fingerprint density at radius 1 is 0.929 bits per heavy atom. The molecule has 3 aromatic carbocycles. The Morgan fingerprint density at radius 3 is 2.48 bits per heavy atom. The summed E-state index contributed by atoms with van der Waals surface area (Å²) in [5.41, 5.74) is 3.33. The monoisotopic (exact) mass is 602 g/mol. The van der Waals surface area contributed by atoms with E-state index >= 15 is 0 Å². The highest BCUT2D eigenvalue weighted by Crippen LogP contribution is 2.39. The highest BCUT2D eigenvalue weighted by atomic mass is 35.5. The highest BCUT2D eigenvalue weighted by molar-refractivity contribution is 6.34. The van der Waals surface area contributed by atoms with Crippen LogP contribution < -0.4 is 20.3 Å². The lowest BCUT2D eigenvalue weighted by atomic mass is 9.90. The molecule has 0 aliphatic carbocycles. The molecule has 4 aromatic rings. The highest BCUT2D eigenvalue weighted by Gasteiger charge is 2.30. The summed E-state index contributed by atoms with van der Waals surface area (Å²) in [4.78, 5) is 45.3. The Balaban J connectivity index is 1.39. The molecule has 214 valence electrons. The number of hydrogen-bond donors (Lipinski definition) is 2. The fourth-order valence-electron chi connectivity index (χ4n) is 5.10. The number of pyridine rings is 1. The fourth-order valence-corrected chi connectivity index (χ4v) is 5.50. The second kappa shape index (κ2) is 13.1. The van der Waals surface area contributed by atoms with Gasteiger partial charge in [0.1, 0.15) is 5.75 Å². The molecule has 2 heterocycles. The van der Waals surface area contributed by atoms with Gasteiger partial charge in [0, 0.05) is 53.5 Å². The largest absolute Gasteiger partial charge is 0.496 e. The molecule has 42 heavy (non-hydrogen) atoms. The summed E-state index contributed by atoms with van der Waals surface area (Å²) in [6.07, 6.45) is 4.85. The number of halogens is 2. The van der Waals surface area contributed by atoms with Crippen molar-refractivity contribution in [3.05, 3.63) is 112 Å². The van der Waals surface area contributed by atoms with Gasteiger partial charge in [0.15, 0.2) is 0 Å². The van der Waals surface area contributed by atoms with Gasteiger partial charge in [-0.1, -0.05) is 35.3 Å². The van der Waals surface area contributed by atoms with Crippen LogP contribution in [0.2, 0.25) is 10.0 Å². The first-order valence-corrected chi connectivity index (χ1v) is 14.1. The number of carbonyl (C=O) groups is 3. The van der Waals surface area contributed by atoms with Gasteiger partial charge in [0.2, 0.25) is 5.91 Å². The Hall–Kier alpha value is -4.40. The number of nitrogens with one attached hydrogen (secondary N) is 2. The van der Waals surface area contributed by atoms with Crippen LogP contribution in [-0.4, -0.2) is 36.4 Å². The summed E-state index contributed by atoms with van der Waals surface area (Å²) in [5, 5.41) is 6.59. The van der Waals surface area contributed by atoms with Gasteiger partial charge in [-0.25, -0.2) is 0 Å². The van der Waals surface area contributed by atoms with Gasteiger partial charge in [-0.05, 0) is 78.9 Å². The Labute approximate surface area is 253 Å². The number of aromatic nitrogens is 1. The molecule has 1 aliphatic rings. The first kappa shape index (κ1) is 29.1. The molecule has 1 aliphatic heterocycles. The number of methoxy groups -OCH3 is 1. The lowest BCUT2D eigenvalue weighted by Crippen LogP contribution is -2.32. The number of fused-ring (bicyclic) bond motifs is 1. The van der Waals surface area contributed by atoms with Gasteiger partial charge in [-0.15, -0.1) is 0 Å². The summed E-state index contributed by atoms with van der Waals surface area (Å²) in [7, 11) is 1.47. The van der Waals surface area contributed by atoms with Crippen LogP contribution in [0.1, 0.15) is 51.5 Å². The summed E-state index contributed by atoms with van der Waals surface area (Å²) < 4.78 is 5.57. The molecule has 0 radical (unpaired) electrons. The molecule has 10 heteroatoms. The number of anilines is 3. The first-order valence-electron chi connectivity index (χ1n) is 13.4. The van der Waals surface area contributed by atoms with Crippen molar-refractivity contribution in [1.82, 2.24) is 4.98 Å². The van der Waals surface area contributed by atoms with Crippen molar-refractivity contribution in [2.24, 2.45) is 0 Å². The normalized spacial score (nSPS) is 14.4. The molecule has 1 unspecified atom stereocenters. The molecule has 0 saturated heterocycles. The van der Waals surface area contributed by atoms with E-state index in [1.807, 2.05) is 12.1 Å². The third kappa shape index (κ3) is 6.56. The minimum absolute atomic E-state index is 0.131. The molecule has 0 spiro atoms. The average Bonchev–Trinajstić information content (AvgIpc) is 3.16. The molecular formula is C32H28Cl2N4O4. The van der Waals surface area contributed by atoms with E-state index in [1.165, 1.54) is 7.11 Å². The van der Waals surface area contributed by atoms with Crippen LogP contribution in [-0.2, 0) is 4.79 Å². The fraction of sp³-hybridized carbons (Fsp3) is 0.188. The molecular weight excluding hydrogens is 575 g/mol. The van der Waals surface area contributed by atoms with Crippen LogP contribution >= 0.6 is 23.2 Å². The number of hydrogen-bond acceptors (Lipinski definition) is 5. The van der Waals surface area contributed by atoms with Crippen LogP contribution in [0, 0.1) is 0 Å². The molecule has 0 saturated carbocycles. The van der Waals surface area contributed by atoms with Crippen molar-refractivity contribution < 1.29 is 19.1 Å². The molecule has 3 amide bonds. The van der Waals surface area contributed by atoms with Gasteiger partial charge >= 0.3 is 0 Å². The zero-order chi connectivity index (χ0) is 29.6. The molecule has 8 nitrogen and oxygen atoms in total. The Bertz CT molecular complexity index is 1630. The maximum Gasteiger partial charge on any atom is 0.262 e. The van der Waals surface area contributed by atoms with Crippen molar-refractivity contribution in [3.8, 4) is 5.75 Å². The predicted molar refractivity (Wildman–Crippen MR) is 165 cm³/mol. The first-order chi connectivity index (χ1) is 20.3. The number of amides is 3. The van der Waals surface area contributed by atoms with Crippen molar-refractivity contribution in [2.45, 2.75) is 25.2 Å². The van der Waals surface area contributed by atoms with Crippen LogP contribution in [0.4, 0.5) is 17.1 Å². The van der Waals surface area contributed by atoms with Crippen molar-refractivity contribution >= 4 is 58.0 Å². The SMILES string of the molecule is COc1cc(NC(=O)c2ccccc2Cl)ccc1C(=O)N1CCCC(CC(=O)Nc2ccncc2)c2cc(Cl)ccc21. The minimum Gasteiger partial charge on any atom is -0.496 e. The van der Waals surface area contributed by atoms with E-state index in [4.69, 9.17) is 27.9 Å². The van der Waals surface area contributed by atoms with Gasteiger partial charge in [-0.2, -0.15) is 0 Å². The molecule has 5 rings (SSSR count). The van der Waals surface area contributed by atoms with Gasteiger partial charge in [0.05, 0.1) is 23.3 Å². The van der Waals surface area contributed by atoms with E-state index in [-0.39, 0.29) is 30.1 Å². The van der Waals surface area contributed by atoms with E-state index in [0.717, 1.165) is 5.56 Å². The Morgan fingerprint density at radius 2 is 1.71 bits per heavy atom. The number of carbonyl (C=O) groups excluding carboxylic acids is 3. The van der Waals surface area contributed by atoms with Crippen LogP contribution in [0.25, 0.3) is 0 Å². The molecule has 1 atom stereocenters. The van der Waals surface area contributed by atoms with E-state index in [2.05, 4.69) is 15.6 Å². The summed E-state index contributed by atoms with van der Waals surface area (Å²) in [5.74, 6) is -0.596. The maximum atomic E-state index is 14.0. The summed E-state index contributed by atoms with van der Waals surface area (Å²) in [6.45, 7) is 0.448.